The van der Waals surface area contributed by atoms with E-state index < -0.39 is 5.79 Å². The molecule has 29 heavy (non-hydrogen) atoms. The number of ether oxygens (including phenoxy) is 2. The van der Waals surface area contributed by atoms with Crippen LogP contribution in [0.4, 0.5) is 0 Å². The lowest BCUT2D eigenvalue weighted by Crippen LogP contribution is -2.51. The summed E-state index contributed by atoms with van der Waals surface area (Å²) < 4.78 is 12.0. The number of amides is 1. The van der Waals surface area contributed by atoms with Crippen molar-refractivity contribution >= 4 is 29.1 Å². The zero-order chi connectivity index (χ0) is 20.4. The van der Waals surface area contributed by atoms with Crippen molar-refractivity contribution in [2.45, 2.75) is 62.8 Å². The SMILES string of the molecule is CN(C(=O)Cc1ccc(Cl)c(Cl)c1)C1CCC2(CCC1N1CCCC1)OCCO2. The van der Waals surface area contributed by atoms with Crippen LogP contribution in [0.15, 0.2) is 18.2 Å². The van der Waals surface area contributed by atoms with Gasteiger partial charge in [0, 0.05) is 32.0 Å². The largest absolute Gasteiger partial charge is 0.348 e. The van der Waals surface area contributed by atoms with E-state index in [1.165, 1.54) is 12.8 Å². The topological polar surface area (TPSA) is 42.0 Å². The van der Waals surface area contributed by atoms with Gasteiger partial charge in [-0.25, -0.2) is 0 Å². The van der Waals surface area contributed by atoms with Crippen molar-refractivity contribution in [2.75, 3.05) is 33.4 Å². The van der Waals surface area contributed by atoms with Crippen molar-refractivity contribution in [1.82, 2.24) is 9.80 Å². The Kier molecular flexibility index (Phi) is 6.72. The van der Waals surface area contributed by atoms with Gasteiger partial charge in [0.2, 0.25) is 5.91 Å². The Hall–Kier alpha value is -0.850. The molecule has 1 saturated carbocycles. The molecule has 2 aliphatic heterocycles. The number of benzene rings is 1. The highest BCUT2D eigenvalue weighted by Gasteiger charge is 2.44. The number of carbonyl (C=O) groups excluding carboxylic acids is 1. The lowest BCUT2D eigenvalue weighted by atomic mass is 9.99. The van der Waals surface area contributed by atoms with E-state index in [9.17, 15) is 4.79 Å². The number of nitrogens with zero attached hydrogens (tertiary/aromatic N) is 2. The third kappa shape index (κ3) is 4.75. The van der Waals surface area contributed by atoms with Gasteiger partial charge in [-0.15, -0.1) is 0 Å². The van der Waals surface area contributed by atoms with Crippen LogP contribution in [0.1, 0.15) is 44.1 Å². The van der Waals surface area contributed by atoms with E-state index in [2.05, 4.69) is 4.90 Å². The molecule has 2 heterocycles. The molecule has 1 aliphatic carbocycles. The van der Waals surface area contributed by atoms with Crippen molar-refractivity contribution in [1.29, 1.82) is 0 Å². The summed E-state index contributed by atoms with van der Waals surface area (Å²) >= 11 is 12.1. The Labute approximate surface area is 183 Å². The summed E-state index contributed by atoms with van der Waals surface area (Å²) in [6.07, 6.45) is 6.44. The van der Waals surface area contributed by atoms with Gasteiger partial charge in [0.15, 0.2) is 5.79 Å². The molecule has 1 aromatic carbocycles. The fourth-order valence-electron chi connectivity index (χ4n) is 5.12. The molecule has 4 rings (SSSR count). The highest BCUT2D eigenvalue weighted by molar-refractivity contribution is 6.42. The first-order valence-corrected chi connectivity index (χ1v) is 11.4. The molecule has 2 atom stereocenters. The van der Waals surface area contributed by atoms with Crippen molar-refractivity contribution in [3.8, 4) is 0 Å². The third-order valence-corrected chi connectivity index (χ3v) is 7.48. The van der Waals surface area contributed by atoms with Crippen LogP contribution in [-0.2, 0) is 20.7 Å². The summed E-state index contributed by atoms with van der Waals surface area (Å²) in [6.45, 7) is 3.58. The first kappa shape index (κ1) is 21.4. The number of hydrogen-bond donors (Lipinski definition) is 0. The minimum absolute atomic E-state index is 0.113. The van der Waals surface area contributed by atoms with Crippen LogP contribution in [0.5, 0.6) is 0 Å². The fourth-order valence-corrected chi connectivity index (χ4v) is 5.44. The first-order valence-electron chi connectivity index (χ1n) is 10.7. The molecule has 5 nitrogen and oxygen atoms in total. The van der Waals surface area contributed by atoms with Crippen molar-refractivity contribution in [3.63, 3.8) is 0 Å². The molecule has 160 valence electrons. The molecule has 7 heteroatoms. The summed E-state index contributed by atoms with van der Waals surface area (Å²) in [5, 5.41) is 0.998. The number of likely N-dealkylation sites (tertiary alicyclic amines) is 1. The van der Waals surface area contributed by atoms with E-state index in [0.29, 0.717) is 35.7 Å². The van der Waals surface area contributed by atoms with E-state index >= 15 is 0 Å². The molecule has 1 aromatic rings. The molecule has 0 radical (unpaired) electrons. The van der Waals surface area contributed by atoms with Crippen molar-refractivity contribution < 1.29 is 14.3 Å². The van der Waals surface area contributed by atoms with Gasteiger partial charge < -0.3 is 14.4 Å². The fraction of sp³-hybridized carbons (Fsp3) is 0.682. The van der Waals surface area contributed by atoms with Gasteiger partial charge in [0.05, 0.1) is 29.7 Å². The molecular formula is C22H30Cl2N2O3. The van der Waals surface area contributed by atoms with Gasteiger partial charge in [-0.2, -0.15) is 0 Å². The Morgan fingerprint density at radius 2 is 1.83 bits per heavy atom. The summed E-state index contributed by atoms with van der Waals surface area (Å²) in [6, 6.07) is 5.93. The molecule has 2 saturated heterocycles. The smallest absolute Gasteiger partial charge is 0.227 e. The minimum Gasteiger partial charge on any atom is -0.348 e. The Morgan fingerprint density at radius 1 is 1.14 bits per heavy atom. The van der Waals surface area contributed by atoms with Crippen LogP contribution < -0.4 is 0 Å². The predicted molar refractivity (Wildman–Crippen MR) is 114 cm³/mol. The summed E-state index contributed by atoms with van der Waals surface area (Å²) in [7, 11) is 1.95. The van der Waals surface area contributed by atoms with Crippen molar-refractivity contribution in [2.24, 2.45) is 0 Å². The maximum absolute atomic E-state index is 13.2. The predicted octanol–water partition coefficient (Wildman–Crippen LogP) is 4.14. The van der Waals surface area contributed by atoms with Gasteiger partial charge in [0.1, 0.15) is 0 Å². The molecule has 0 N–H and O–H groups in total. The van der Waals surface area contributed by atoms with Crippen LogP contribution in [-0.4, -0.2) is 66.9 Å². The molecule has 1 amide bonds. The number of carbonyl (C=O) groups is 1. The summed E-state index contributed by atoms with van der Waals surface area (Å²) in [5.41, 5.74) is 0.890. The summed E-state index contributed by atoms with van der Waals surface area (Å²) in [4.78, 5) is 17.7. The highest BCUT2D eigenvalue weighted by atomic mass is 35.5. The van der Waals surface area contributed by atoms with Gasteiger partial charge in [-0.1, -0.05) is 29.3 Å². The average Bonchev–Trinajstić information content (AvgIpc) is 3.36. The van der Waals surface area contributed by atoms with E-state index in [4.69, 9.17) is 32.7 Å². The Bertz CT molecular complexity index is 733. The van der Waals surface area contributed by atoms with E-state index in [0.717, 1.165) is 44.3 Å². The quantitative estimate of drug-likeness (QED) is 0.704. The Balaban J connectivity index is 1.50. The number of rotatable bonds is 4. The second-order valence-corrected chi connectivity index (χ2v) is 9.31. The number of halogens is 2. The summed E-state index contributed by atoms with van der Waals surface area (Å²) in [5.74, 6) is -0.331. The molecular weight excluding hydrogens is 411 g/mol. The maximum Gasteiger partial charge on any atom is 0.227 e. The van der Waals surface area contributed by atoms with E-state index in [1.807, 2.05) is 18.0 Å². The monoisotopic (exact) mass is 440 g/mol. The van der Waals surface area contributed by atoms with Crippen LogP contribution in [0.25, 0.3) is 0 Å². The first-order chi connectivity index (χ1) is 14.0. The standard InChI is InChI=1S/C22H30Cl2N2O3/c1-25(21(27)15-16-4-5-17(23)18(24)14-16)19-6-8-22(28-12-13-29-22)9-7-20(19)26-10-2-3-11-26/h4-5,14,19-20H,2-3,6-13,15H2,1H3. The highest BCUT2D eigenvalue weighted by Crippen LogP contribution is 2.38. The zero-order valence-electron chi connectivity index (χ0n) is 17.0. The van der Waals surface area contributed by atoms with Crippen LogP contribution >= 0.6 is 23.2 Å². The number of likely N-dealkylation sites (N-methyl/N-ethyl adjacent to an activating group) is 1. The molecule has 0 bridgehead atoms. The van der Waals surface area contributed by atoms with E-state index in [1.54, 1.807) is 12.1 Å². The maximum atomic E-state index is 13.2. The van der Waals surface area contributed by atoms with Gasteiger partial charge in [-0.05, 0) is 56.5 Å². The molecule has 3 aliphatic rings. The van der Waals surface area contributed by atoms with Crippen LogP contribution in [0.2, 0.25) is 10.0 Å². The molecule has 2 unspecified atom stereocenters. The zero-order valence-corrected chi connectivity index (χ0v) is 18.6. The Morgan fingerprint density at radius 3 is 2.52 bits per heavy atom. The van der Waals surface area contributed by atoms with Gasteiger partial charge in [-0.3, -0.25) is 9.69 Å². The molecule has 0 aromatic heterocycles. The lowest BCUT2D eigenvalue weighted by Gasteiger charge is -2.38. The van der Waals surface area contributed by atoms with Gasteiger partial charge in [0.25, 0.3) is 0 Å². The van der Waals surface area contributed by atoms with Crippen molar-refractivity contribution in [3.05, 3.63) is 33.8 Å². The van der Waals surface area contributed by atoms with Crippen LogP contribution in [0, 0.1) is 0 Å². The van der Waals surface area contributed by atoms with Crippen LogP contribution in [0.3, 0.4) is 0 Å². The minimum atomic E-state index is -0.444. The molecule has 3 fully saturated rings. The average molecular weight is 441 g/mol. The third-order valence-electron chi connectivity index (χ3n) is 6.74. The number of hydrogen-bond acceptors (Lipinski definition) is 4. The van der Waals surface area contributed by atoms with Gasteiger partial charge >= 0.3 is 0 Å². The lowest BCUT2D eigenvalue weighted by molar-refractivity contribution is -0.166. The second-order valence-electron chi connectivity index (χ2n) is 8.49. The second kappa shape index (κ2) is 9.11. The van der Waals surface area contributed by atoms with E-state index in [-0.39, 0.29) is 11.9 Å². The normalized spacial score (nSPS) is 27.3. The molecule has 1 spiro atoms.